The first-order chi connectivity index (χ1) is 6.66. The SMILES string of the molecule is CC(=O)c1ccc2c(c1)CC(C)CC2. The van der Waals surface area contributed by atoms with Gasteiger partial charge in [0.2, 0.25) is 0 Å². The third-order valence-corrected chi connectivity index (χ3v) is 3.09. The predicted molar refractivity (Wildman–Crippen MR) is 57.6 cm³/mol. The molecule has 1 atom stereocenters. The molecule has 1 aromatic carbocycles. The summed E-state index contributed by atoms with van der Waals surface area (Å²) in [5.74, 6) is 0.940. The van der Waals surface area contributed by atoms with Gasteiger partial charge in [-0.2, -0.15) is 0 Å². The number of carbonyl (C=O) groups excluding carboxylic acids is 1. The van der Waals surface area contributed by atoms with Crippen LogP contribution in [0.5, 0.6) is 0 Å². The van der Waals surface area contributed by atoms with Crippen LogP contribution in [0, 0.1) is 5.92 Å². The highest BCUT2D eigenvalue weighted by molar-refractivity contribution is 5.94. The Kier molecular flexibility index (Phi) is 2.40. The Morgan fingerprint density at radius 3 is 2.86 bits per heavy atom. The van der Waals surface area contributed by atoms with E-state index in [1.807, 2.05) is 6.07 Å². The standard InChI is InChI=1S/C13H16O/c1-9-3-4-11-5-6-12(10(2)14)8-13(11)7-9/h5-6,8-9H,3-4,7H2,1-2H3. The van der Waals surface area contributed by atoms with Crippen LogP contribution < -0.4 is 0 Å². The van der Waals surface area contributed by atoms with Gasteiger partial charge in [0.15, 0.2) is 5.78 Å². The fourth-order valence-corrected chi connectivity index (χ4v) is 2.16. The minimum absolute atomic E-state index is 0.172. The summed E-state index contributed by atoms with van der Waals surface area (Å²) in [6.45, 7) is 3.91. The molecule has 0 spiro atoms. The molecule has 2 rings (SSSR count). The highest BCUT2D eigenvalue weighted by Gasteiger charge is 2.15. The third-order valence-electron chi connectivity index (χ3n) is 3.09. The molecule has 0 saturated heterocycles. The summed E-state index contributed by atoms with van der Waals surface area (Å²) in [6, 6.07) is 6.16. The summed E-state index contributed by atoms with van der Waals surface area (Å²) < 4.78 is 0. The molecular formula is C13H16O. The van der Waals surface area contributed by atoms with E-state index >= 15 is 0 Å². The van der Waals surface area contributed by atoms with Crippen LogP contribution in [-0.2, 0) is 12.8 Å². The molecule has 0 radical (unpaired) electrons. The van der Waals surface area contributed by atoms with Crippen molar-refractivity contribution < 1.29 is 4.79 Å². The molecule has 1 unspecified atom stereocenters. The number of hydrogen-bond donors (Lipinski definition) is 0. The van der Waals surface area contributed by atoms with Gasteiger partial charge in [-0.3, -0.25) is 4.79 Å². The van der Waals surface area contributed by atoms with Crippen LogP contribution in [0.25, 0.3) is 0 Å². The van der Waals surface area contributed by atoms with Gasteiger partial charge in [0, 0.05) is 5.56 Å². The second-order valence-corrected chi connectivity index (χ2v) is 4.39. The maximum atomic E-state index is 11.2. The van der Waals surface area contributed by atoms with Crippen molar-refractivity contribution in [2.75, 3.05) is 0 Å². The molecule has 1 aromatic rings. The van der Waals surface area contributed by atoms with E-state index in [0.717, 1.165) is 17.9 Å². The summed E-state index contributed by atoms with van der Waals surface area (Å²) >= 11 is 0. The van der Waals surface area contributed by atoms with Gasteiger partial charge in [-0.05, 0) is 49.3 Å². The van der Waals surface area contributed by atoms with E-state index in [9.17, 15) is 4.79 Å². The number of benzene rings is 1. The van der Waals surface area contributed by atoms with Crippen molar-refractivity contribution in [2.24, 2.45) is 5.92 Å². The topological polar surface area (TPSA) is 17.1 Å². The van der Waals surface area contributed by atoms with Gasteiger partial charge < -0.3 is 0 Å². The Hall–Kier alpha value is -1.11. The highest BCUT2D eigenvalue weighted by Crippen LogP contribution is 2.26. The van der Waals surface area contributed by atoms with Crippen molar-refractivity contribution in [3.8, 4) is 0 Å². The van der Waals surface area contributed by atoms with Crippen LogP contribution in [0.1, 0.15) is 41.8 Å². The van der Waals surface area contributed by atoms with Gasteiger partial charge in [-0.1, -0.05) is 19.1 Å². The van der Waals surface area contributed by atoms with E-state index in [-0.39, 0.29) is 5.78 Å². The van der Waals surface area contributed by atoms with Crippen molar-refractivity contribution in [3.63, 3.8) is 0 Å². The quantitative estimate of drug-likeness (QED) is 0.619. The molecule has 0 amide bonds. The van der Waals surface area contributed by atoms with Gasteiger partial charge in [0.25, 0.3) is 0 Å². The minimum atomic E-state index is 0.172. The third kappa shape index (κ3) is 1.72. The number of hydrogen-bond acceptors (Lipinski definition) is 1. The molecule has 1 aliphatic carbocycles. The lowest BCUT2D eigenvalue weighted by atomic mass is 9.84. The second kappa shape index (κ2) is 3.56. The lowest BCUT2D eigenvalue weighted by molar-refractivity contribution is 0.101. The van der Waals surface area contributed by atoms with Gasteiger partial charge in [0.05, 0.1) is 0 Å². The summed E-state index contributed by atoms with van der Waals surface area (Å²) in [4.78, 5) is 11.2. The first kappa shape index (κ1) is 9.45. The summed E-state index contributed by atoms with van der Waals surface area (Å²) in [7, 11) is 0. The lowest BCUT2D eigenvalue weighted by Crippen LogP contribution is -2.12. The van der Waals surface area contributed by atoms with Crippen molar-refractivity contribution in [2.45, 2.75) is 33.1 Å². The van der Waals surface area contributed by atoms with Crippen LogP contribution in [0.3, 0.4) is 0 Å². The molecule has 1 nitrogen and oxygen atoms in total. The molecule has 0 bridgehead atoms. The number of Topliss-reactive ketones (excluding diaryl/α,β-unsaturated/α-hetero) is 1. The highest BCUT2D eigenvalue weighted by atomic mass is 16.1. The number of fused-ring (bicyclic) bond motifs is 1. The van der Waals surface area contributed by atoms with Gasteiger partial charge in [-0.25, -0.2) is 0 Å². The summed E-state index contributed by atoms with van der Waals surface area (Å²) in [5.41, 5.74) is 3.68. The summed E-state index contributed by atoms with van der Waals surface area (Å²) in [6.07, 6.45) is 3.59. The molecular weight excluding hydrogens is 172 g/mol. The zero-order valence-corrected chi connectivity index (χ0v) is 8.84. The maximum absolute atomic E-state index is 11.2. The molecule has 14 heavy (non-hydrogen) atoms. The second-order valence-electron chi connectivity index (χ2n) is 4.39. The molecule has 1 heteroatoms. The zero-order chi connectivity index (χ0) is 10.1. The Bertz CT molecular complexity index is 365. The Morgan fingerprint density at radius 2 is 2.14 bits per heavy atom. The molecule has 0 saturated carbocycles. The van der Waals surface area contributed by atoms with E-state index in [4.69, 9.17) is 0 Å². The first-order valence-corrected chi connectivity index (χ1v) is 5.29. The fourth-order valence-electron chi connectivity index (χ4n) is 2.16. The van der Waals surface area contributed by atoms with E-state index < -0.39 is 0 Å². The normalized spacial score (nSPS) is 20.3. The number of aryl methyl sites for hydroxylation is 1. The van der Waals surface area contributed by atoms with Crippen LogP contribution in [0.15, 0.2) is 18.2 Å². The monoisotopic (exact) mass is 188 g/mol. The summed E-state index contributed by atoms with van der Waals surface area (Å²) in [5, 5.41) is 0. The fraction of sp³-hybridized carbons (Fsp3) is 0.462. The van der Waals surface area contributed by atoms with E-state index in [0.29, 0.717) is 0 Å². The Morgan fingerprint density at radius 1 is 1.36 bits per heavy atom. The minimum Gasteiger partial charge on any atom is -0.295 e. The number of ketones is 1. The Balaban J connectivity index is 2.37. The lowest BCUT2D eigenvalue weighted by Gasteiger charge is -2.21. The average Bonchev–Trinajstić information content (AvgIpc) is 2.16. The average molecular weight is 188 g/mol. The molecule has 0 N–H and O–H groups in total. The number of rotatable bonds is 1. The van der Waals surface area contributed by atoms with Crippen molar-refractivity contribution in [3.05, 3.63) is 34.9 Å². The molecule has 0 heterocycles. The van der Waals surface area contributed by atoms with Gasteiger partial charge in [0.1, 0.15) is 0 Å². The molecule has 1 aliphatic rings. The maximum Gasteiger partial charge on any atom is 0.159 e. The predicted octanol–water partition coefficient (Wildman–Crippen LogP) is 3.01. The van der Waals surface area contributed by atoms with Crippen LogP contribution in [0.2, 0.25) is 0 Å². The van der Waals surface area contributed by atoms with Crippen LogP contribution >= 0.6 is 0 Å². The van der Waals surface area contributed by atoms with Crippen molar-refractivity contribution in [1.29, 1.82) is 0 Å². The molecule has 0 aliphatic heterocycles. The first-order valence-electron chi connectivity index (χ1n) is 5.29. The van der Waals surface area contributed by atoms with Gasteiger partial charge in [-0.15, -0.1) is 0 Å². The van der Waals surface area contributed by atoms with Crippen LogP contribution in [0.4, 0.5) is 0 Å². The van der Waals surface area contributed by atoms with E-state index in [1.54, 1.807) is 6.92 Å². The molecule has 0 fully saturated rings. The van der Waals surface area contributed by atoms with E-state index in [1.165, 1.54) is 24.0 Å². The number of carbonyl (C=O) groups is 1. The van der Waals surface area contributed by atoms with E-state index in [2.05, 4.69) is 19.1 Å². The van der Waals surface area contributed by atoms with Gasteiger partial charge >= 0.3 is 0 Å². The zero-order valence-electron chi connectivity index (χ0n) is 8.84. The molecule has 0 aromatic heterocycles. The molecule has 74 valence electrons. The van der Waals surface area contributed by atoms with Crippen LogP contribution in [-0.4, -0.2) is 5.78 Å². The van der Waals surface area contributed by atoms with Crippen molar-refractivity contribution >= 4 is 5.78 Å². The smallest absolute Gasteiger partial charge is 0.159 e. The Labute approximate surface area is 85.1 Å². The van der Waals surface area contributed by atoms with Crippen molar-refractivity contribution in [1.82, 2.24) is 0 Å². The largest absolute Gasteiger partial charge is 0.295 e.